The highest BCUT2D eigenvalue weighted by Crippen LogP contribution is 2.31. The van der Waals surface area contributed by atoms with Crippen LogP contribution in [0.15, 0.2) is 28.7 Å². The molecule has 0 atom stereocenters. The smallest absolute Gasteiger partial charge is 0.145 e. The van der Waals surface area contributed by atoms with Crippen LogP contribution in [-0.4, -0.2) is 6.04 Å². The van der Waals surface area contributed by atoms with E-state index in [0.29, 0.717) is 22.9 Å². The lowest BCUT2D eigenvalue weighted by Gasteiger charge is -2.08. The molecule has 0 saturated heterocycles. The summed E-state index contributed by atoms with van der Waals surface area (Å²) in [6.07, 6.45) is 0. The Morgan fingerprint density at radius 1 is 1.33 bits per heavy atom. The third-order valence-corrected chi connectivity index (χ3v) is 4.71. The minimum atomic E-state index is -0.483. The zero-order valence-corrected chi connectivity index (χ0v) is 14.9. The molecule has 0 aliphatic rings. The monoisotopic (exact) mass is 391 g/mol. The molecular weight excluding hydrogens is 377 g/mol. The van der Waals surface area contributed by atoms with Gasteiger partial charge in [0.1, 0.15) is 18.2 Å². The molecule has 0 spiro atoms. The van der Waals surface area contributed by atoms with Crippen molar-refractivity contribution in [3.8, 4) is 5.75 Å². The van der Waals surface area contributed by atoms with Gasteiger partial charge >= 0.3 is 0 Å². The molecule has 0 bridgehead atoms. The van der Waals surface area contributed by atoms with Crippen molar-refractivity contribution in [3.05, 3.63) is 49.3 Å². The maximum absolute atomic E-state index is 13.4. The highest BCUT2D eigenvalue weighted by atomic mass is 79.9. The fourth-order valence-corrected chi connectivity index (χ4v) is 3.30. The summed E-state index contributed by atoms with van der Waals surface area (Å²) in [6.45, 7) is 5.49. The van der Waals surface area contributed by atoms with Gasteiger partial charge in [-0.25, -0.2) is 4.39 Å². The maximum Gasteiger partial charge on any atom is 0.145 e. The van der Waals surface area contributed by atoms with Gasteiger partial charge in [0.25, 0.3) is 0 Å². The van der Waals surface area contributed by atoms with Crippen LogP contribution in [0.5, 0.6) is 5.75 Å². The van der Waals surface area contributed by atoms with Crippen molar-refractivity contribution in [3.63, 3.8) is 0 Å². The van der Waals surface area contributed by atoms with Crippen molar-refractivity contribution in [1.82, 2.24) is 5.32 Å². The van der Waals surface area contributed by atoms with E-state index in [9.17, 15) is 4.39 Å². The van der Waals surface area contributed by atoms with Crippen LogP contribution in [-0.2, 0) is 13.2 Å². The molecule has 2 aromatic rings. The Hall–Kier alpha value is -0.620. The summed E-state index contributed by atoms with van der Waals surface area (Å²) < 4.78 is 19.7. The quantitative estimate of drug-likeness (QED) is 0.666. The molecular formula is C15H16BrClFNOS. The van der Waals surface area contributed by atoms with Crippen LogP contribution in [0.2, 0.25) is 5.02 Å². The molecule has 1 aromatic carbocycles. The van der Waals surface area contributed by atoms with Gasteiger partial charge in [-0.2, -0.15) is 0 Å². The zero-order chi connectivity index (χ0) is 15.4. The molecule has 0 radical (unpaired) electrons. The topological polar surface area (TPSA) is 21.3 Å². The van der Waals surface area contributed by atoms with Gasteiger partial charge in [-0.1, -0.05) is 25.4 Å². The lowest BCUT2D eigenvalue weighted by molar-refractivity contribution is 0.306. The van der Waals surface area contributed by atoms with E-state index in [1.54, 1.807) is 11.3 Å². The summed E-state index contributed by atoms with van der Waals surface area (Å²) in [5.41, 5.74) is 0. The fourth-order valence-electron chi connectivity index (χ4n) is 1.66. The molecule has 0 unspecified atom stereocenters. The summed E-state index contributed by atoms with van der Waals surface area (Å²) in [7, 11) is 0. The second kappa shape index (κ2) is 7.58. The summed E-state index contributed by atoms with van der Waals surface area (Å²) >= 11 is 10.7. The Morgan fingerprint density at radius 2 is 2.05 bits per heavy atom. The SMILES string of the molecule is CC(C)NCc1ccc(COc2cc(F)c(Cl)cc2Br)s1. The predicted molar refractivity (Wildman–Crippen MR) is 89.7 cm³/mol. The molecule has 21 heavy (non-hydrogen) atoms. The van der Waals surface area contributed by atoms with Crippen LogP contribution in [0.1, 0.15) is 23.6 Å². The number of halogens is 3. The third kappa shape index (κ3) is 4.95. The summed E-state index contributed by atoms with van der Waals surface area (Å²) in [5, 5.41) is 3.45. The van der Waals surface area contributed by atoms with Crippen molar-refractivity contribution in [2.24, 2.45) is 0 Å². The predicted octanol–water partition coefficient (Wildman–Crippen LogP) is 5.38. The molecule has 2 nitrogen and oxygen atoms in total. The van der Waals surface area contributed by atoms with Crippen LogP contribution in [0, 0.1) is 5.82 Å². The first-order valence-electron chi connectivity index (χ1n) is 6.54. The average Bonchev–Trinajstić information content (AvgIpc) is 2.87. The molecule has 0 amide bonds. The van der Waals surface area contributed by atoms with Crippen molar-refractivity contribution in [1.29, 1.82) is 0 Å². The van der Waals surface area contributed by atoms with E-state index in [-0.39, 0.29) is 5.02 Å². The Balaban J connectivity index is 1.96. The first-order valence-corrected chi connectivity index (χ1v) is 8.52. The molecule has 2 rings (SSSR count). The summed E-state index contributed by atoms with van der Waals surface area (Å²) in [6, 6.07) is 7.36. The second-order valence-electron chi connectivity index (χ2n) is 4.89. The third-order valence-electron chi connectivity index (χ3n) is 2.75. The second-order valence-corrected chi connectivity index (χ2v) is 7.40. The van der Waals surface area contributed by atoms with Crippen molar-refractivity contribution >= 4 is 38.9 Å². The number of thiophene rings is 1. The van der Waals surface area contributed by atoms with Crippen molar-refractivity contribution < 1.29 is 9.13 Å². The summed E-state index contributed by atoms with van der Waals surface area (Å²) in [5.74, 6) is -0.0324. The van der Waals surface area contributed by atoms with Gasteiger partial charge in [0.05, 0.1) is 9.50 Å². The van der Waals surface area contributed by atoms with Crippen molar-refractivity contribution in [2.45, 2.75) is 33.0 Å². The molecule has 1 heterocycles. The number of rotatable bonds is 6. The highest BCUT2D eigenvalue weighted by molar-refractivity contribution is 9.10. The van der Waals surface area contributed by atoms with E-state index in [0.717, 1.165) is 11.4 Å². The first kappa shape index (κ1) is 16.7. The lowest BCUT2D eigenvalue weighted by atomic mass is 10.3. The van der Waals surface area contributed by atoms with Crippen LogP contribution in [0.3, 0.4) is 0 Å². The Morgan fingerprint density at radius 3 is 2.76 bits per heavy atom. The minimum absolute atomic E-state index is 0.0763. The first-order chi connectivity index (χ1) is 9.95. The molecule has 114 valence electrons. The van der Waals surface area contributed by atoms with Gasteiger partial charge in [0.2, 0.25) is 0 Å². The minimum Gasteiger partial charge on any atom is -0.487 e. The van der Waals surface area contributed by atoms with E-state index < -0.39 is 5.82 Å². The van der Waals surface area contributed by atoms with Gasteiger partial charge in [-0.3, -0.25) is 0 Å². The Labute approximate surface area is 141 Å². The van der Waals surface area contributed by atoms with Gasteiger partial charge in [-0.05, 0) is 34.1 Å². The lowest BCUT2D eigenvalue weighted by Crippen LogP contribution is -2.21. The van der Waals surface area contributed by atoms with Gasteiger partial charge < -0.3 is 10.1 Å². The number of ether oxygens (including phenoxy) is 1. The number of nitrogens with one attached hydrogen (secondary N) is 1. The van der Waals surface area contributed by atoms with Crippen LogP contribution in [0.25, 0.3) is 0 Å². The van der Waals surface area contributed by atoms with Crippen LogP contribution >= 0.6 is 38.9 Å². The molecule has 6 heteroatoms. The van der Waals surface area contributed by atoms with E-state index >= 15 is 0 Å². The van der Waals surface area contributed by atoms with E-state index in [2.05, 4.69) is 41.2 Å². The highest BCUT2D eigenvalue weighted by Gasteiger charge is 2.09. The van der Waals surface area contributed by atoms with Crippen LogP contribution in [0.4, 0.5) is 4.39 Å². The zero-order valence-electron chi connectivity index (χ0n) is 11.8. The van der Waals surface area contributed by atoms with Gasteiger partial charge in [0.15, 0.2) is 0 Å². The van der Waals surface area contributed by atoms with E-state index in [1.165, 1.54) is 17.0 Å². The van der Waals surface area contributed by atoms with Gasteiger partial charge in [0, 0.05) is 28.4 Å². The van der Waals surface area contributed by atoms with Crippen LogP contribution < -0.4 is 10.1 Å². The molecule has 0 saturated carbocycles. The molecule has 0 aliphatic heterocycles. The average molecular weight is 393 g/mol. The molecule has 1 N–H and O–H groups in total. The van der Waals surface area contributed by atoms with E-state index in [1.807, 2.05) is 6.07 Å². The largest absolute Gasteiger partial charge is 0.487 e. The number of hydrogen-bond acceptors (Lipinski definition) is 3. The fraction of sp³-hybridized carbons (Fsp3) is 0.333. The Kier molecular flexibility index (Phi) is 6.05. The number of hydrogen-bond donors (Lipinski definition) is 1. The summed E-state index contributed by atoms with van der Waals surface area (Å²) in [4.78, 5) is 2.35. The number of benzene rings is 1. The Bertz CT molecular complexity index is 618. The molecule has 1 aromatic heterocycles. The molecule has 0 fully saturated rings. The maximum atomic E-state index is 13.4. The normalized spacial score (nSPS) is 11.1. The standard InChI is InChI=1S/C15H16BrClFNOS/c1-9(2)19-7-10-3-4-11(21-10)8-20-15-6-14(18)13(17)5-12(15)16/h3-6,9,19H,7-8H2,1-2H3. The van der Waals surface area contributed by atoms with E-state index in [4.69, 9.17) is 16.3 Å². The van der Waals surface area contributed by atoms with Gasteiger partial charge in [-0.15, -0.1) is 11.3 Å². The van der Waals surface area contributed by atoms with Crippen molar-refractivity contribution in [2.75, 3.05) is 0 Å². The molecule has 0 aliphatic carbocycles.